The Labute approximate surface area is 261 Å². The predicted molar refractivity (Wildman–Crippen MR) is 164 cm³/mol. The van der Waals surface area contributed by atoms with Crippen molar-refractivity contribution in [3.63, 3.8) is 0 Å². The highest BCUT2D eigenvalue weighted by atomic mass is 19.4. The number of piperidine rings is 1. The topological polar surface area (TPSA) is 29.5 Å². The Balaban J connectivity index is 1.72. The van der Waals surface area contributed by atoms with Crippen molar-refractivity contribution in [2.45, 2.75) is 83.6 Å². The Morgan fingerprint density at radius 3 is 1.98 bits per heavy atom. The van der Waals surface area contributed by atoms with Crippen LogP contribution in [-0.4, -0.2) is 30.6 Å². The maximum Gasteiger partial charge on any atom is 0.416 e. The summed E-state index contributed by atoms with van der Waals surface area (Å²) in [5, 5.41) is 0. The molecule has 0 saturated carbocycles. The van der Waals surface area contributed by atoms with Crippen molar-refractivity contribution >= 4 is 5.97 Å². The molecule has 4 rings (SSSR count). The number of alkyl halides is 6. The molecule has 0 bridgehead atoms. The van der Waals surface area contributed by atoms with E-state index in [-0.39, 0.29) is 30.5 Å². The van der Waals surface area contributed by atoms with E-state index in [1.54, 1.807) is 19.1 Å². The third-order valence-electron chi connectivity index (χ3n) is 8.58. The summed E-state index contributed by atoms with van der Waals surface area (Å²) in [4.78, 5) is 15.5. The number of nitrogens with zero attached hydrogens (tertiary/aromatic N) is 1. The molecule has 9 heteroatoms. The van der Waals surface area contributed by atoms with Gasteiger partial charge in [-0.3, -0.25) is 9.69 Å². The number of carbonyl (C=O) groups is 1. The fourth-order valence-corrected chi connectivity index (χ4v) is 6.37. The molecule has 0 amide bonds. The fourth-order valence-electron chi connectivity index (χ4n) is 6.37. The van der Waals surface area contributed by atoms with Gasteiger partial charge in [-0.05, 0) is 103 Å². The lowest BCUT2D eigenvalue weighted by Crippen LogP contribution is -2.37. The molecular formula is C36H41F6NO2. The maximum atomic E-state index is 13.3. The highest BCUT2D eigenvalue weighted by molar-refractivity contribution is 5.79. The molecule has 244 valence electrons. The van der Waals surface area contributed by atoms with E-state index < -0.39 is 29.4 Å². The number of likely N-dealkylation sites (tertiary alicyclic amines) is 1. The number of benzene rings is 3. The number of rotatable bonds is 10. The summed E-state index contributed by atoms with van der Waals surface area (Å²) in [5.74, 6) is -0.622. The van der Waals surface area contributed by atoms with Gasteiger partial charge in [0.1, 0.15) is 0 Å². The van der Waals surface area contributed by atoms with E-state index in [9.17, 15) is 31.1 Å². The lowest BCUT2D eigenvalue weighted by molar-refractivity contribution is -0.145. The van der Waals surface area contributed by atoms with Crippen molar-refractivity contribution in [2.75, 3.05) is 19.7 Å². The highest BCUT2D eigenvalue weighted by Gasteiger charge is 2.33. The normalized spacial score (nSPS) is 17.7. The van der Waals surface area contributed by atoms with Gasteiger partial charge in [-0.25, -0.2) is 0 Å². The molecule has 1 aliphatic heterocycles. The molecule has 3 atom stereocenters. The molecule has 0 N–H and O–H groups in total. The van der Waals surface area contributed by atoms with Crippen molar-refractivity contribution in [3.05, 3.63) is 94.5 Å². The van der Waals surface area contributed by atoms with Gasteiger partial charge < -0.3 is 4.74 Å². The third kappa shape index (κ3) is 8.69. The number of ether oxygens (including phenoxy) is 1. The quantitative estimate of drug-likeness (QED) is 0.164. The first-order valence-electron chi connectivity index (χ1n) is 15.6. The summed E-state index contributed by atoms with van der Waals surface area (Å²) in [6, 6.07) is 16.3. The van der Waals surface area contributed by atoms with Crippen molar-refractivity contribution in [2.24, 2.45) is 5.92 Å². The molecule has 1 aliphatic rings. The summed E-state index contributed by atoms with van der Waals surface area (Å²) in [6.45, 7) is 9.51. The lowest BCUT2D eigenvalue weighted by Gasteiger charge is -2.39. The van der Waals surface area contributed by atoms with Crippen LogP contribution in [-0.2, 0) is 21.9 Å². The van der Waals surface area contributed by atoms with E-state index in [2.05, 4.69) is 4.90 Å². The average Bonchev–Trinajstić information content (AvgIpc) is 2.99. The summed E-state index contributed by atoms with van der Waals surface area (Å²) >= 11 is 0. The summed E-state index contributed by atoms with van der Waals surface area (Å²) in [5.41, 5.74) is 2.49. The number of hydrogen-bond donors (Lipinski definition) is 0. The Morgan fingerprint density at radius 2 is 1.44 bits per heavy atom. The number of halogens is 6. The van der Waals surface area contributed by atoms with E-state index in [1.165, 1.54) is 12.1 Å². The Morgan fingerprint density at radius 1 is 0.844 bits per heavy atom. The Hall–Kier alpha value is -3.33. The Bertz CT molecular complexity index is 1410. The van der Waals surface area contributed by atoms with Crippen LogP contribution in [0.3, 0.4) is 0 Å². The monoisotopic (exact) mass is 633 g/mol. The van der Waals surface area contributed by atoms with Gasteiger partial charge in [0.15, 0.2) is 0 Å². The van der Waals surface area contributed by atoms with Crippen LogP contribution in [0.25, 0.3) is 11.1 Å². The van der Waals surface area contributed by atoms with Gasteiger partial charge in [0.25, 0.3) is 0 Å². The van der Waals surface area contributed by atoms with Crippen LogP contribution in [0.15, 0.2) is 66.7 Å². The van der Waals surface area contributed by atoms with E-state index in [1.807, 2.05) is 39.0 Å². The standard InChI is InChI=1S/C36H41F6NO2/c1-5-33(25-11-15-31(16-12-25)36(40,41)42)43-17-7-8-26(22-43)28-19-27(24-9-13-30(14-10-24)35(37,38)39)20-29(21-28)32(18-23(3)4)34(44)45-6-2/h9-16,19-21,23,26,32-33H,5-8,17-18,22H2,1-4H3/t26?,32-,33?/m0/s1. The summed E-state index contributed by atoms with van der Waals surface area (Å²) in [6.07, 6.45) is -5.85. The molecule has 45 heavy (non-hydrogen) atoms. The van der Waals surface area contributed by atoms with Gasteiger partial charge in [-0.1, -0.05) is 63.2 Å². The average molecular weight is 634 g/mol. The zero-order valence-electron chi connectivity index (χ0n) is 26.1. The molecule has 1 heterocycles. The molecule has 1 fully saturated rings. The molecule has 3 aromatic rings. The van der Waals surface area contributed by atoms with Gasteiger partial charge in [-0.15, -0.1) is 0 Å². The zero-order chi connectivity index (χ0) is 32.9. The second kappa shape index (κ2) is 14.4. The van der Waals surface area contributed by atoms with Crippen LogP contribution in [0.2, 0.25) is 0 Å². The van der Waals surface area contributed by atoms with E-state index in [0.29, 0.717) is 24.9 Å². The minimum Gasteiger partial charge on any atom is -0.466 e. The minimum atomic E-state index is -4.45. The first kappa shape index (κ1) is 34.5. The van der Waals surface area contributed by atoms with E-state index >= 15 is 0 Å². The van der Waals surface area contributed by atoms with E-state index in [0.717, 1.165) is 65.9 Å². The fraction of sp³-hybridized carbons (Fsp3) is 0.472. The smallest absolute Gasteiger partial charge is 0.416 e. The first-order chi connectivity index (χ1) is 21.2. The van der Waals surface area contributed by atoms with Crippen LogP contribution in [0.5, 0.6) is 0 Å². The molecule has 1 saturated heterocycles. The molecule has 2 unspecified atom stereocenters. The zero-order valence-corrected chi connectivity index (χ0v) is 26.1. The van der Waals surface area contributed by atoms with Crippen LogP contribution >= 0.6 is 0 Å². The summed E-state index contributed by atoms with van der Waals surface area (Å²) in [7, 11) is 0. The maximum absolute atomic E-state index is 13.3. The largest absolute Gasteiger partial charge is 0.466 e. The SMILES string of the molecule is CCOC(=O)[C@@H](CC(C)C)c1cc(-c2ccc(C(F)(F)F)cc2)cc(C2CCCN(C(CC)c3ccc(C(F)(F)F)cc3)C2)c1. The van der Waals surface area contributed by atoms with Gasteiger partial charge >= 0.3 is 18.3 Å². The molecule has 0 spiro atoms. The van der Waals surface area contributed by atoms with Gasteiger partial charge in [0.05, 0.1) is 23.7 Å². The minimum absolute atomic E-state index is 0.0530. The predicted octanol–water partition coefficient (Wildman–Crippen LogP) is 10.4. The second-order valence-corrected chi connectivity index (χ2v) is 12.3. The molecule has 0 aliphatic carbocycles. The van der Waals surface area contributed by atoms with Crippen LogP contribution < -0.4 is 0 Å². The number of esters is 1. The number of carbonyl (C=O) groups excluding carboxylic acids is 1. The van der Waals surface area contributed by atoms with Crippen LogP contribution in [0, 0.1) is 5.92 Å². The Kier molecular flexibility index (Phi) is 11.1. The lowest BCUT2D eigenvalue weighted by atomic mass is 9.82. The molecule has 3 nitrogen and oxygen atoms in total. The van der Waals surface area contributed by atoms with Crippen molar-refractivity contribution < 1.29 is 35.9 Å². The second-order valence-electron chi connectivity index (χ2n) is 12.3. The molecular weight excluding hydrogens is 592 g/mol. The van der Waals surface area contributed by atoms with Crippen molar-refractivity contribution in [1.82, 2.24) is 4.90 Å². The summed E-state index contributed by atoms with van der Waals surface area (Å²) < 4.78 is 84.9. The third-order valence-corrected chi connectivity index (χ3v) is 8.58. The highest BCUT2D eigenvalue weighted by Crippen LogP contribution is 2.39. The van der Waals surface area contributed by atoms with Crippen LogP contribution in [0.1, 0.15) is 99.1 Å². The van der Waals surface area contributed by atoms with E-state index in [4.69, 9.17) is 4.74 Å². The molecule has 3 aromatic carbocycles. The first-order valence-corrected chi connectivity index (χ1v) is 15.6. The molecule has 0 aromatic heterocycles. The van der Waals surface area contributed by atoms with Gasteiger partial charge in [-0.2, -0.15) is 26.3 Å². The number of hydrogen-bond acceptors (Lipinski definition) is 3. The van der Waals surface area contributed by atoms with Gasteiger partial charge in [0.2, 0.25) is 0 Å². The molecule has 0 radical (unpaired) electrons. The van der Waals surface area contributed by atoms with Crippen molar-refractivity contribution in [1.29, 1.82) is 0 Å². The van der Waals surface area contributed by atoms with Gasteiger partial charge in [0, 0.05) is 12.6 Å². The van der Waals surface area contributed by atoms with Crippen LogP contribution in [0.4, 0.5) is 26.3 Å². The van der Waals surface area contributed by atoms with Crippen molar-refractivity contribution in [3.8, 4) is 11.1 Å².